The average molecular weight is 638 g/mol. The van der Waals surface area contributed by atoms with Crippen LogP contribution in [0.5, 0.6) is 11.5 Å². The van der Waals surface area contributed by atoms with Crippen LogP contribution in [0.4, 0.5) is 26.3 Å². The number of pyridine rings is 1. The van der Waals surface area contributed by atoms with E-state index in [1.165, 1.54) is 26.2 Å². The Balaban J connectivity index is 1.58. The highest BCUT2D eigenvalue weighted by atomic mass is 19.4. The predicted molar refractivity (Wildman–Crippen MR) is 146 cm³/mol. The fraction of sp³-hybridized carbons (Fsp3) is 0.310. The van der Waals surface area contributed by atoms with E-state index in [9.17, 15) is 41.0 Å². The number of benzene rings is 2. The van der Waals surface area contributed by atoms with Gasteiger partial charge in [-0.15, -0.1) is 0 Å². The number of hydrogen-bond acceptors (Lipinski definition) is 7. The molecule has 0 unspecified atom stereocenters. The summed E-state index contributed by atoms with van der Waals surface area (Å²) in [6.45, 7) is -0.411. The number of aliphatic hydroxyl groups is 1. The van der Waals surface area contributed by atoms with Gasteiger partial charge in [-0.25, -0.2) is 18.2 Å². The molecule has 1 aliphatic carbocycles. The number of ether oxygens (including phenoxy) is 2. The maximum absolute atomic E-state index is 14.8. The Labute approximate surface area is 250 Å². The predicted octanol–water partition coefficient (Wildman–Crippen LogP) is 4.54. The lowest BCUT2D eigenvalue weighted by molar-refractivity contribution is -0.265. The van der Waals surface area contributed by atoms with Gasteiger partial charge in [-0.3, -0.25) is 14.3 Å². The molecule has 0 saturated heterocycles. The van der Waals surface area contributed by atoms with Gasteiger partial charge in [0.25, 0.3) is 11.8 Å². The second kappa shape index (κ2) is 11.6. The number of fused-ring (bicyclic) bond motifs is 1. The van der Waals surface area contributed by atoms with Crippen LogP contribution in [-0.4, -0.2) is 58.1 Å². The fourth-order valence-corrected chi connectivity index (χ4v) is 4.71. The third-order valence-corrected chi connectivity index (χ3v) is 7.17. The van der Waals surface area contributed by atoms with Crippen molar-refractivity contribution in [1.82, 2.24) is 20.1 Å². The summed E-state index contributed by atoms with van der Waals surface area (Å²) in [4.78, 5) is 29.1. The van der Waals surface area contributed by atoms with Crippen LogP contribution in [0.3, 0.4) is 0 Å². The number of carbonyl (C=O) groups excluding carboxylic acids is 2. The SMILES string of the molecule is CCOc1c(C(N)=O)cc([C@](O)(CNC(=O)c2cc(OC)c3nn(C4CC4)cc3c2)C(F)(F)F)nc1-c1cc(F)cc(F)c1F. The van der Waals surface area contributed by atoms with Crippen LogP contribution in [0.1, 0.15) is 52.2 Å². The number of primary amides is 1. The van der Waals surface area contributed by atoms with Gasteiger partial charge in [-0.2, -0.15) is 18.3 Å². The lowest BCUT2D eigenvalue weighted by atomic mass is 9.94. The topological polar surface area (TPSA) is 142 Å². The number of hydrogen-bond donors (Lipinski definition) is 3. The summed E-state index contributed by atoms with van der Waals surface area (Å²) in [5, 5.41) is 18.0. The number of nitrogens with zero attached hydrogens (tertiary/aromatic N) is 3. The van der Waals surface area contributed by atoms with Crippen LogP contribution in [0.2, 0.25) is 0 Å². The number of nitrogens with two attached hydrogens (primary N) is 1. The first-order valence-corrected chi connectivity index (χ1v) is 13.5. The Morgan fingerprint density at radius 3 is 2.44 bits per heavy atom. The summed E-state index contributed by atoms with van der Waals surface area (Å²) in [5.41, 5.74) is -2.47. The average Bonchev–Trinajstić information content (AvgIpc) is 3.74. The number of rotatable bonds is 10. The maximum atomic E-state index is 14.8. The maximum Gasteiger partial charge on any atom is 0.424 e. The number of carbonyl (C=O) groups is 2. The molecular formula is C29H25F6N5O5. The lowest BCUT2D eigenvalue weighted by Gasteiger charge is -2.31. The summed E-state index contributed by atoms with van der Waals surface area (Å²) >= 11 is 0. The Bertz CT molecular complexity index is 1820. The third-order valence-electron chi connectivity index (χ3n) is 7.17. The van der Waals surface area contributed by atoms with Crippen LogP contribution in [-0.2, 0) is 5.60 Å². The number of alkyl halides is 3. The van der Waals surface area contributed by atoms with E-state index < -0.39 is 75.9 Å². The minimum atomic E-state index is -5.58. The van der Waals surface area contributed by atoms with E-state index in [0.29, 0.717) is 23.0 Å². The number of aromatic nitrogens is 3. The molecular weight excluding hydrogens is 612 g/mol. The smallest absolute Gasteiger partial charge is 0.424 e. The van der Waals surface area contributed by atoms with Gasteiger partial charge in [0.15, 0.2) is 17.4 Å². The van der Waals surface area contributed by atoms with Gasteiger partial charge in [-0.1, -0.05) is 0 Å². The fourth-order valence-electron chi connectivity index (χ4n) is 4.71. The van der Waals surface area contributed by atoms with Crippen molar-refractivity contribution in [2.24, 2.45) is 5.73 Å². The highest BCUT2D eigenvalue weighted by molar-refractivity contribution is 6.00. The Hall–Kier alpha value is -4.86. The second-order valence-corrected chi connectivity index (χ2v) is 10.3. The molecule has 1 fully saturated rings. The molecule has 4 aromatic rings. The summed E-state index contributed by atoms with van der Waals surface area (Å²) in [7, 11) is 1.33. The molecule has 4 N–H and O–H groups in total. The number of nitrogens with one attached hydrogen (secondary N) is 1. The minimum absolute atomic E-state index is 0.130. The lowest BCUT2D eigenvalue weighted by Crippen LogP contribution is -2.51. The van der Waals surface area contributed by atoms with Crippen molar-refractivity contribution >= 4 is 22.7 Å². The second-order valence-electron chi connectivity index (χ2n) is 10.3. The molecule has 2 aromatic carbocycles. The number of halogens is 6. The van der Waals surface area contributed by atoms with E-state index in [4.69, 9.17) is 15.2 Å². The van der Waals surface area contributed by atoms with Crippen molar-refractivity contribution in [3.8, 4) is 22.8 Å². The van der Waals surface area contributed by atoms with E-state index in [-0.39, 0.29) is 30.0 Å². The van der Waals surface area contributed by atoms with Crippen molar-refractivity contribution in [1.29, 1.82) is 0 Å². The van der Waals surface area contributed by atoms with Gasteiger partial charge < -0.3 is 25.6 Å². The minimum Gasteiger partial charge on any atom is -0.494 e. The first-order valence-electron chi connectivity index (χ1n) is 13.5. The molecule has 2 heterocycles. The van der Waals surface area contributed by atoms with Crippen molar-refractivity contribution in [3.63, 3.8) is 0 Å². The van der Waals surface area contributed by atoms with Crippen molar-refractivity contribution in [2.75, 3.05) is 20.3 Å². The zero-order valence-corrected chi connectivity index (χ0v) is 23.6. The van der Waals surface area contributed by atoms with Gasteiger partial charge >= 0.3 is 6.18 Å². The van der Waals surface area contributed by atoms with Crippen LogP contribution >= 0.6 is 0 Å². The molecule has 0 aliphatic heterocycles. The van der Waals surface area contributed by atoms with Crippen LogP contribution < -0.4 is 20.5 Å². The highest BCUT2D eigenvalue weighted by Crippen LogP contribution is 2.43. The zero-order valence-electron chi connectivity index (χ0n) is 23.6. The summed E-state index contributed by atoms with van der Waals surface area (Å²) < 4.78 is 99.1. The number of amides is 2. The standard InChI is InChI=1S/C29H25F6N5O5/c1-3-45-25-18(26(36)41)10-21(38-24(25)17-8-15(30)9-19(31)22(17)32)28(43,29(33,34)35)12-37-27(42)13-6-14-11-40(16-4-5-16)39-23(14)20(7-13)44-2/h6-11,16,43H,3-5,12H2,1-2H3,(H2,36,41)(H,37,42)/t28-/m1/s1. The van der Waals surface area contributed by atoms with E-state index in [0.717, 1.165) is 12.8 Å². The molecule has 10 nitrogen and oxygen atoms in total. The first kappa shape index (κ1) is 31.6. The monoisotopic (exact) mass is 637 g/mol. The Morgan fingerprint density at radius 2 is 1.84 bits per heavy atom. The molecule has 5 rings (SSSR count). The zero-order chi connectivity index (χ0) is 32.8. The molecule has 0 bridgehead atoms. The van der Waals surface area contributed by atoms with Crippen LogP contribution in [0.15, 0.2) is 36.5 Å². The van der Waals surface area contributed by atoms with Gasteiger partial charge in [0.05, 0.1) is 37.6 Å². The summed E-state index contributed by atoms with van der Waals surface area (Å²) in [6, 6.07) is 3.88. The molecule has 2 aromatic heterocycles. The molecule has 1 saturated carbocycles. The third kappa shape index (κ3) is 5.84. The van der Waals surface area contributed by atoms with Crippen molar-refractivity contribution in [3.05, 3.63) is 70.8 Å². The molecule has 45 heavy (non-hydrogen) atoms. The van der Waals surface area contributed by atoms with E-state index in [1.54, 1.807) is 10.9 Å². The molecule has 0 spiro atoms. The molecule has 2 amide bonds. The molecule has 16 heteroatoms. The van der Waals surface area contributed by atoms with Crippen LogP contribution in [0.25, 0.3) is 22.2 Å². The van der Waals surface area contributed by atoms with E-state index in [1.807, 2.05) is 5.32 Å². The summed E-state index contributed by atoms with van der Waals surface area (Å²) in [6.07, 6.45) is -2.08. The van der Waals surface area contributed by atoms with E-state index in [2.05, 4.69) is 10.1 Å². The van der Waals surface area contributed by atoms with Crippen molar-refractivity contribution < 1.29 is 50.5 Å². The first-order chi connectivity index (χ1) is 21.2. The van der Waals surface area contributed by atoms with E-state index >= 15 is 0 Å². The van der Waals surface area contributed by atoms with Gasteiger partial charge in [0.1, 0.15) is 22.8 Å². The van der Waals surface area contributed by atoms with Crippen molar-refractivity contribution in [2.45, 2.75) is 37.6 Å². The van der Waals surface area contributed by atoms with Gasteiger partial charge in [0.2, 0.25) is 5.60 Å². The van der Waals surface area contributed by atoms with Crippen LogP contribution in [0, 0.1) is 17.5 Å². The Morgan fingerprint density at radius 1 is 1.13 bits per heavy atom. The largest absolute Gasteiger partial charge is 0.494 e. The highest BCUT2D eigenvalue weighted by Gasteiger charge is 2.57. The molecule has 0 radical (unpaired) electrons. The normalized spacial score (nSPS) is 14.7. The summed E-state index contributed by atoms with van der Waals surface area (Å²) in [5.74, 6) is -7.72. The molecule has 238 valence electrons. The number of methoxy groups -OCH3 is 1. The van der Waals surface area contributed by atoms with Gasteiger partial charge in [-0.05, 0) is 44.0 Å². The van der Waals surface area contributed by atoms with Gasteiger partial charge in [0, 0.05) is 28.8 Å². The Kier molecular flexibility index (Phi) is 8.12. The molecule has 1 atom stereocenters. The molecule has 1 aliphatic rings. The quantitative estimate of drug-likeness (QED) is 0.171.